The molecule has 0 saturated heterocycles. The van der Waals surface area contributed by atoms with Crippen LogP contribution in [0.4, 0.5) is 14.9 Å². The Kier molecular flexibility index (Phi) is 11.3. The van der Waals surface area contributed by atoms with Gasteiger partial charge in [0.1, 0.15) is 11.4 Å². The summed E-state index contributed by atoms with van der Waals surface area (Å²) in [7, 11) is 1.62. The third-order valence-electron chi connectivity index (χ3n) is 6.12. The van der Waals surface area contributed by atoms with Gasteiger partial charge in [-0.2, -0.15) is 0 Å². The van der Waals surface area contributed by atoms with Gasteiger partial charge in [-0.05, 0) is 50.1 Å². The van der Waals surface area contributed by atoms with Crippen molar-refractivity contribution in [3.8, 4) is 21.9 Å². The number of nitrogens with zero attached hydrogens (tertiary/aromatic N) is 2. The maximum absolute atomic E-state index is 14.4. The molecule has 0 spiro atoms. The van der Waals surface area contributed by atoms with Crippen LogP contribution < -0.4 is 10.5 Å². The number of pyridine rings is 1. The molecule has 0 fully saturated rings. The highest BCUT2D eigenvalue weighted by Gasteiger charge is 2.22. The van der Waals surface area contributed by atoms with Crippen LogP contribution in [0.25, 0.3) is 20.7 Å². The summed E-state index contributed by atoms with van der Waals surface area (Å²) in [4.78, 5) is 20.0. The first-order valence-corrected chi connectivity index (χ1v) is 14.8. The highest BCUT2D eigenvalue weighted by molar-refractivity contribution is 7.22. The van der Waals surface area contributed by atoms with E-state index in [1.165, 1.54) is 23.5 Å². The van der Waals surface area contributed by atoms with Crippen LogP contribution >= 0.6 is 11.3 Å². The number of carbonyl (C=O) groups is 1. The Bertz CT molecular complexity index is 1490. The molecule has 11 heteroatoms. The molecule has 0 unspecified atom stereocenters. The smallest absolute Gasteiger partial charge is 0.410 e. The van der Waals surface area contributed by atoms with Gasteiger partial charge in [-0.15, -0.1) is 11.3 Å². The number of hydrogen-bond donors (Lipinski definition) is 1. The first-order valence-electron chi connectivity index (χ1n) is 14.0. The van der Waals surface area contributed by atoms with Crippen molar-refractivity contribution < 1.29 is 32.9 Å². The summed E-state index contributed by atoms with van der Waals surface area (Å²) in [5.74, 6) is 0.0749. The molecule has 2 aromatic carbocycles. The maximum Gasteiger partial charge on any atom is 0.410 e. The molecular formula is C32H38FN3O6S. The SMILES string of the molecule is COCCOCCOCCN(Cc1ccc(-c2cc3nccc(Oc4ccc(N)cc4F)c3s2)cc1)C(=O)OC(C)(C)C. The molecule has 2 heterocycles. The van der Waals surface area contributed by atoms with Crippen LogP contribution in [0.5, 0.6) is 11.5 Å². The number of benzene rings is 2. The van der Waals surface area contributed by atoms with Crippen LogP contribution in [-0.2, 0) is 25.5 Å². The first-order chi connectivity index (χ1) is 20.6. The minimum absolute atomic E-state index is 0.0938. The van der Waals surface area contributed by atoms with Gasteiger partial charge in [0.25, 0.3) is 0 Å². The summed E-state index contributed by atoms with van der Waals surface area (Å²) in [6, 6.07) is 16.0. The number of aromatic nitrogens is 1. The summed E-state index contributed by atoms with van der Waals surface area (Å²) in [5.41, 5.74) is 8.05. The molecule has 230 valence electrons. The van der Waals surface area contributed by atoms with E-state index in [1.54, 1.807) is 30.3 Å². The van der Waals surface area contributed by atoms with E-state index in [2.05, 4.69) is 4.98 Å². The van der Waals surface area contributed by atoms with Crippen molar-refractivity contribution in [3.05, 3.63) is 72.2 Å². The van der Waals surface area contributed by atoms with E-state index in [-0.39, 0.29) is 5.75 Å². The number of thiophene rings is 1. The standard InChI is InChI=1S/C32H38FN3O6S/c1-32(2,3)42-31(37)36(13-14-39-17-18-40-16-15-38-4)21-22-5-7-23(8-6-22)29-20-26-30(43-29)28(11-12-35-26)41-27-10-9-24(34)19-25(27)33/h5-12,19-20H,13-18,21,34H2,1-4H3. The second kappa shape index (κ2) is 15.1. The largest absolute Gasteiger partial charge is 0.453 e. The second-order valence-corrected chi connectivity index (χ2v) is 11.8. The molecule has 9 nitrogen and oxygen atoms in total. The topological polar surface area (TPSA) is 105 Å². The van der Waals surface area contributed by atoms with Crippen molar-refractivity contribution >= 4 is 33.3 Å². The average Bonchev–Trinajstić information content (AvgIpc) is 3.40. The van der Waals surface area contributed by atoms with Gasteiger partial charge in [-0.3, -0.25) is 4.98 Å². The molecule has 4 rings (SSSR count). The Balaban J connectivity index is 1.43. The number of nitrogen functional groups attached to an aromatic ring is 1. The quantitative estimate of drug-likeness (QED) is 0.121. The van der Waals surface area contributed by atoms with E-state index < -0.39 is 17.5 Å². The summed E-state index contributed by atoms with van der Waals surface area (Å²) in [6.45, 7) is 8.53. The van der Waals surface area contributed by atoms with E-state index in [4.69, 9.17) is 29.4 Å². The molecule has 0 radical (unpaired) electrons. The molecule has 43 heavy (non-hydrogen) atoms. The average molecular weight is 612 g/mol. The monoisotopic (exact) mass is 611 g/mol. The second-order valence-electron chi connectivity index (χ2n) is 10.7. The molecule has 1 amide bonds. The number of hydrogen-bond acceptors (Lipinski definition) is 9. The van der Waals surface area contributed by atoms with Gasteiger partial charge < -0.3 is 34.3 Å². The molecule has 0 aliphatic rings. The van der Waals surface area contributed by atoms with Gasteiger partial charge in [0.2, 0.25) is 0 Å². The predicted octanol–water partition coefficient (Wildman–Crippen LogP) is 6.89. The molecule has 4 aromatic rings. The van der Waals surface area contributed by atoms with Crippen LogP contribution in [-0.4, -0.2) is 68.3 Å². The zero-order valence-electron chi connectivity index (χ0n) is 24.9. The number of fused-ring (bicyclic) bond motifs is 1. The Morgan fingerprint density at radius 2 is 1.67 bits per heavy atom. The van der Waals surface area contributed by atoms with E-state index in [1.807, 2.05) is 51.1 Å². The molecule has 0 aliphatic heterocycles. The summed E-state index contributed by atoms with van der Waals surface area (Å²) >= 11 is 1.51. The fraction of sp³-hybridized carbons (Fsp3) is 0.375. The van der Waals surface area contributed by atoms with Gasteiger partial charge in [-0.1, -0.05) is 24.3 Å². The van der Waals surface area contributed by atoms with Crippen LogP contribution in [0.1, 0.15) is 26.3 Å². The lowest BCUT2D eigenvalue weighted by Gasteiger charge is -2.27. The van der Waals surface area contributed by atoms with Crippen molar-refractivity contribution in [2.24, 2.45) is 0 Å². The zero-order chi connectivity index (χ0) is 30.8. The van der Waals surface area contributed by atoms with E-state index in [0.29, 0.717) is 57.6 Å². The number of rotatable bonds is 14. The lowest BCUT2D eigenvalue weighted by atomic mass is 10.1. The zero-order valence-corrected chi connectivity index (χ0v) is 25.7. The minimum atomic E-state index is -0.618. The van der Waals surface area contributed by atoms with E-state index in [9.17, 15) is 9.18 Å². The Labute approximate surface area is 255 Å². The lowest BCUT2D eigenvalue weighted by Crippen LogP contribution is -2.38. The molecule has 0 aliphatic carbocycles. The molecule has 0 bridgehead atoms. The molecule has 0 atom stereocenters. The third-order valence-corrected chi connectivity index (χ3v) is 7.31. The van der Waals surface area contributed by atoms with Gasteiger partial charge in [0, 0.05) is 49.1 Å². The fourth-order valence-electron chi connectivity index (χ4n) is 4.05. The van der Waals surface area contributed by atoms with Crippen molar-refractivity contribution in [1.82, 2.24) is 9.88 Å². The van der Waals surface area contributed by atoms with Gasteiger partial charge in [0.15, 0.2) is 11.6 Å². The number of nitrogens with two attached hydrogens (primary N) is 1. The van der Waals surface area contributed by atoms with E-state index in [0.717, 1.165) is 26.2 Å². The molecule has 2 N–H and O–H groups in total. The number of methoxy groups -OCH3 is 1. The number of carbonyl (C=O) groups excluding carboxylic acids is 1. The van der Waals surface area contributed by atoms with Gasteiger partial charge in [-0.25, -0.2) is 9.18 Å². The van der Waals surface area contributed by atoms with Crippen molar-refractivity contribution in [2.45, 2.75) is 32.9 Å². The highest BCUT2D eigenvalue weighted by atomic mass is 32.1. The normalized spacial score (nSPS) is 11.6. The summed E-state index contributed by atoms with van der Waals surface area (Å²) in [5, 5.41) is 0. The van der Waals surface area contributed by atoms with Crippen molar-refractivity contribution in [3.63, 3.8) is 0 Å². The summed E-state index contributed by atoms with van der Waals surface area (Å²) < 4.78 is 42.7. The fourth-order valence-corrected chi connectivity index (χ4v) is 5.12. The van der Waals surface area contributed by atoms with E-state index >= 15 is 0 Å². The molecule has 0 saturated carbocycles. The van der Waals surface area contributed by atoms with Gasteiger partial charge >= 0.3 is 6.09 Å². The summed E-state index contributed by atoms with van der Waals surface area (Å²) in [6.07, 6.45) is 1.23. The Morgan fingerprint density at radius 1 is 0.953 bits per heavy atom. The minimum Gasteiger partial charge on any atom is -0.453 e. The van der Waals surface area contributed by atoms with Gasteiger partial charge in [0.05, 0.1) is 43.3 Å². The molecule has 2 aromatic heterocycles. The van der Waals surface area contributed by atoms with Crippen LogP contribution in [0, 0.1) is 5.82 Å². The maximum atomic E-state index is 14.4. The molecular weight excluding hydrogens is 573 g/mol. The van der Waals surface area contributed by atoms with Crippen LogP contribution in [0.15, 0.2) is 60.8 Å². The number of anilines is 1. The number of amides is 1. The van der Waals surface area contributed by atoms with Crippen molar-refractivity contribution in [2.75, 3.05) is 52.4 Å². The van der Waals surface area contributed by atoms with Crippen LogP contribution in [0.3, 0.4) is 0 Å². The van der Waals surface area contributed by atoms with Crippen molar-refractivity contribution in [1.29, 1.82) is 0 Å². The Hall–Kier alpha value is -3.77. The van der Waals surface area contributed by atoms with Crippen LogP contribution in [0.2, 0.25) is 0 Å². The lowest BCUT2D eigenvalue weighted by molar-refractivity contribution is 0.00425. The third kappa shape index (κ3) is 9.62. The number of halogens is 1. The number of ether oxygens (including phenoxy) is 5. The highest BCUT2D eigenvalue weighted by Crippen LogP contribution is 2.39. The predicted molar refractivity (Wildman–Crippen MR) is 166 cm³/mol. The first kappa shape index (κ1) is 32.2. The Morgan fingerprint density at radius 3 is 2.37 bits per heavy atom.